The van der Waals surface area contributed by atoms with Gasteiger partial charge in [0, 0.05) is 30.9 Å². The Morgan fingerprint density at radius 2 is 2.05 bits per heavy atom. The minimum atomic E-state index is -3.58. The lowest BCUT2D eigenvalue weighted by atomic mass is 10.4. The van der Waals surface area contributed by atoms with Crippen LogP contribution in [0.15, 0.2) is 4.90 Å². The molecule has 1 aliphatic rings. The van der Waals surface area contributed by atoms with Crippen LogP contribution in [0.25, 0.3) is 0 Å². The first kappa shape index (κ1) is 15.0. The Morgan fingerprint density at radius 1 is 1.45 bits per heavy atom. The van der Waals surface area contributed by atoms with E-state index < -0.39 is 22.4 Å². The Balaban J connectivity index is 2.50. The molecule has 2 rings (SSSR count). The van der Waals surface area contributed by atoms with Crippen molar-refractivity contribution in [2.45, 2.75) is 11.4 Å². The van der Waals surface area contributed by atoms with Gasteiger partial charge in [-0.15, -0.1) is 0 Å². The number of hydrogen-bond acceptors (Lipinski definition) is 7. The van der Waals surface area contributed by atoms with Crippen molar-refractivity contribution >= 4 is 39.2 Å². The molecular weight excluding hydrogens is 304 g/mol. The number of nitrogens with two attached hydrogens (primary N) is 1. The number of sulfone groups is 1. The van der Waals surface area contributed by atoms with Gasteiger partial charge in [0.15, 0.2) is 20.6 Å². The first-order chi connectivity index (χ1) is 9.30. The minimum Gasteiger partial charge on any atom is -0.480 e. The second-order valence-corrected chi connectivity index (χ2v) is 7.64. The van der Waals surface area contributed by atoms with Crippen molar-refractivity contribution in [2.75, 3.05) is 41.5 Å². The highest BCUT2D eigenvalue weighted by Crippen LogP contribution is 2.31. The summed E-state index contributed by atoms with van der Waals surface area (Å²) < 4.78 is 24.8. The zero-order valence-electron chi connectivity index (χ0n) is 10.9. The smallest absolute Gasteiger partial charge is 0.325 e. The van der Waals surface area contributed by atoms with Crippen LogP contribution in [0, 0.1) is 0 Å². The molecule has 1 fully saturated rings. The highest BCUT2D eigenvalue weighted by atomic mass is 32.2. The maximum absolute atomic E-state index is 11.9. The van der Waals surface area contributed by atoms with Gasteiger partial charge in [-0.2, -0.15) is 16.9 Å². The molecule has 10 heteroatoms. The molecule has 0 bridgehead atoms. The molecule has 112 valence electrons. The van der Waals surface area contributed by atoms with Gasteiger partial charge in [0.2, 0.25) is 0 Å². The van der Waals surface area contributed by atoms with Crippen molar-refractivity contribution in [1.29, 1.82) is 0 Å². The van der Waals surface area contributed by atoms with Crippen molar-refractivity contribution in [3.8, 4) is 0 Å². The summed E-state index contributed by atoms with van der Waals surface area (Å²) in [5.41, 5.74) is 5.77. The minimum absolute atomic E-state index is 0.0781. The molecule has 1 aliphatic heterocycles. The van der Waals surface area contributed by atoms with E-state index >= 15 is 0 Å². The summed E-state index contributed by atoms with van der Waals surface area (Å²) in [6.45, 7) is 0.865. The third-order valence-electron chi connectivity index (χ3n) is 2.90. The van der Waals surface area contributed by atoms with Crippen molar-refractivity contribution in [1.82, 2.24) is 9.78 Å². The molecule has 0 unspecified atom stereocenters. The second kappa shape index (κ2) is 5.52. The van der Waals surface area contributed by atoms with E-state index in [1.165, 1.54) is 0 Å². The standard InChI is InChI=1S/C10H16N4O4S2/c1-20(17,18)8-9(11)14(6-7(15)16)12-10(8)13-2-4-19-5-3-13/h2-6,11H2,1H3,(H,15,16). The molecule has 0 saturated carbocycles. The Kier molecular flexibility index (Phi) is 4.14. The van der Waals surface area contributed by atoms with Crippen LogP contribution in [0.2, 0.25) is 0 Å². The zero-order chi connectivity index (χ0) is 14.9. The van der Waals surface area contributed by atoms with Gasteiger partial charge in [0.25, 0.3) is 0 Å². The highest BCUT2D eigenvalue weighted by molar-refractivity contribution is 7.99. The Bertz CT molecular complexity index is 619. The molecule has 0 aromatic carbocycles. The molecule has 0 aliphatic carbocycles. The molecule has 3 N–H and O–H groups in total. The summed E-state index contributed by atoms with van der Waals surface area (Å²) in [4.78, 5) is 12.5. The van der Waals surface area contributed by atoms with Gasteiger partial charge in [0.1, 0.15) is 12.4 Å². The summed E-state index contributed by atoms with van der Waals surface area (Å²) in [6, 6.07) is 0. The number of thioether (sulfide) groups is 1. The summed E-state index contributed by atoms with van der Waals surface area (Å²) in [5.74, 6) is 0.749. The highest BCUT2D eigenvalue weighted by Gasteiger charge is 2.29. The van der Waals surface area contributed by atoms with E-state index in [1.807, 2.05) is 4.90 Å². The third-order valence-corrected chi connectivity index (χ3v) is 4.97. The van der Waals surface area contributed by atoms with E-state index in [-0.39, 0.29) is 16.5 Å². The summed E-state index contributed by atoms with van der Waals surface area (Å²) in [5, 5.41) is 12.9. The number of carbonyl (C=O) groups is 1. The van der Waals surface area contributed by atoms with Crippen LogP contribution in [0.4, 0.5) is 11.6 Å². The molecule has 0 radical (unpaired) electrons. The zero-order valence-corrected chi connectivity index (χ0v) is 12.6. The largest absolute Gasteiger partial charge is 0.480 e. The molecule has 1 saturated heterocycles. The van der Waals surface area contributed by atoms with Crippen LogP contribution in [-0.2, 0) is 21.2 Å². The fraction of sp³-hybridized carbons (Fsp3) is 0.600. The van der Waals surface area contributed by atoms with E-state index in [1.54, 1.807) is 11.8 Å². The predicted octanol–water partition coefficient (Wildman–Crippen LogP) is -0.493. The maximum atomic E-state index is 11.9. The van der Waals surface area contributed by atoms with Crippen molar-refractivity contribution in [3.05, 3.63) is 0 Å². The number of anilines is 2. The lowest BCUT2D eigenvalue weighted by molar-refractivity contribution is -0.137. The van der Waals surface area contributed by atoms with Crippen LogP contribution in [-0.4, -0.2) is 60.1 Å². The number of nitrogen functional groups attached to an aromatic ring is 1. The second-order valence-electron chi connectivity index (χ2n) is 4.46. The number of carboxylic acid groups (broad SMARTS) is 1. The fourth-order valence-electron chi connectivity index (χ4n) is 2.03. The molecule has 2 heterocycles. The monoisotopic (exact) mass is 320 g/mol. The van der Waals surface area contributed by atoms with Crippen LogP contribution in [0.1, 0.15) is 0 Å². The molecule has 0 amide bonds. The van der Waals surface area contributed by atoms with Crippen LogP contribution in [0.3, 0.4) is 0 Å². The molecule has 0 spiro atoms. The average molecular weight is 320 g/mol. The summed E-state index contributed by atoms with van der Waals surface area (Å²) in [7, 11) is -3.58. The lowest BCUT2D eigenvalue weighted by Gasteiger charge is -2.26. The van der Waals surface area contributed by atoms with Gasteiger partial charge < -0.3 is 15.7 Å². The number of aliphatic carboxylic acids is 1. The van der Waals surface area contributed by atoms with Gasteiger partial charge in [-0.1, -0.05) is 0 Å². The number of carboxylic acids is 1. The van der Waals surface area contributed by atoms with Crippen LogP contribution >= 0.6 is 11.8 Å². The Labute approximate surface area is 120 Å². The predicted molar refractivity (Wildman–Crippen MR) is 76.9 cm³/mol. The number of aromatic nitrogens is 2. The van der Waals surface area contributed by atoms with Crippen LogP contribution < -0.4 is 10.6 Å². The third kappa shape index (κ3) is 3.01. The summed E-state index contributed by atoms with van der Waals surface area (Å²) in [6.07, 6.45) is 1.05. The maximum Gasteiger partial charge on any atom is 0.325 e. The quantitative estimate of drug-likeness (QED) is 0.762. The Hall–Kier alpha value is -1.42. The molecule has 1 aromatic rings. The van der Waals surface area contributed by atoms with Gasteiger partial charge in [-0.05, 0) is 0 Å². The molecule has 0 atom stereocenters. The van der Waals surface area contributed by atoms with Gasteiger partial charge in [-0.25, -0.2) is 13.1 Å². The van der Waals surface area contributed by atoms with Crippen molar-refractivity contribution in [3.63, 3.8) is 0 Å². The van der Waals surface area contributed by atoms with Gasteiger partial charge in [-0.3, -0.25) is 4.79 Å². The number of hydrogen-bond donors (Lipinski definition) is 2. The fourth-order valence-corrected chi connectivity index (χ4v) is 3.92. The molecule has 20 heavy (non-hydrogen) atoms. The topological polar surface area (TPSA) is 119 Å². The van der Waals surface area contributed by atoms with Crippen molar-refractivity contribution in [2.24, 2.45) is 0 Å². The van der Waals surface area contributed by atoms with E-state index in [0.29, 0.717) is 13.1 Å². The van der Waals surface area contributed by atoms with E-state index in [9.17, 15) is 13.2 Å². The van der Waals surface area contributed by atoms with Crippen LogP contribution in [0.5, 0.6) is 0 Å². The van der Waals surface area contributed by atoms with Gasteiger partial charge in [0.05, 0.1) is 0 Å². The van der Waals surface area contributed by atoms with E-state index in [4.69, 9.17) is 10.8 Å². The van der Waals surface area contributed by atoms with E-state index in [0.717, 1.165) is 22.4 Å². The lowest BCUT2D eigenvalue weighted by Crippen LogP contribution is -2.33. The average Bonchev–Trinajstić information content (AvgIpc) is 2.67. The SMILES string of the molecule is CS(=O)(=O)c1c(N2CCSCC2)nn(CC(=O)O)c1N. The van der Waals surface area contributed by atoms with Gasteiger partial charge >= 0.3 is 5.97 Å². The Morgan fingerprint density at radius 3 is 2.55 bits per heavy atom. The molecular formula is C10H16N4O4S2. The first-order valence-electron chi connectivity index (χ1n) is 5.91. The first-order valence-corrected chi connectivity index (χ1v) is 8.96. The van der Waals surface area contributed by atoms with Crippen molar-refractivity contribution < 1.29 is 18.3 Å². The normalized spacial score (nSPS) is 16.4. The number of nitrogens with zero attached hydrogens (tertiary/aromatic N) is 3. The molecule has 1 aromatic heterocycles. The summed E-state index contributed by atoms with van der Waals surface area (Å²) >= 11 is 1.78. The molecule has 8 nitrogen and oxygen atoms in total. The number of rotatable bonds is 4. The van der Waals surface area contributed by atoms with E-state index in [2.05, 4.69) is 5.10 Å².